The van der Waals surface area contributed by atoms with Gasteiger partial charge < -0.3 is 15.5 Å². The molecule has 2 aromatic heterocycles. The third-order valence-corrected chi connectivity index (χ3v) is 4.13. The second-order valence-electron chi connectivity index (χ2n) is 5.05. The molecular formula is C16H13Cl2FN4O. The number of hydrogen-bond acceptors (Lipinski definition) is 4. The summed E-state index contributed by atoms with van der Waals surface area (Å²) in [5.74, 6) is -0.350. The van der Waals surface area contributed by atoms with Crippen molar-refractivity contribution in [2.45, 2.75) is 13.0 Å². The number of nitrogens with one attached hydrogen (secondary N) is 1. The number of halogens is 3. The first-order chi connectivity index (χ1) is 11.5. The van der Waals surface area contributed by atoms with Gasteiger partial charge in [0.05, 0.1) is 16.9 Å². The minimum absolute atomic E-state index is 0.0953. The zero-order valence-corrected chi connectivity index (χ0v) is 14.1. The molecule has 0 amide bonds. The average Bonchev–Trinajstić information content (AvgIpc) is 3.08. The number of benzene rings is 1. The van der Waals surface area contributed by atoms with Crippen molar-refractivity contribution in [1.82, 2.24) is 15.0 Å². The first-order valence-corrected chi connectivity index (χ1v) is 7.79. The van der Waals surface area contributed by atoms with Crippen molar-refractivity contribution >= 4 is 29.0 Å². The first-order valence-electron chi connectivity index (χ1n) is 7.03. The standard InChI is InChI=1S/C16H13Cl2FN4O/c1-8(13-9(17)4-5-10(19)14(13)18)24-16-15(20)22-7-12(23-16)11-3-2-6-21-11/h2-8,21H,1H3,(H2,20,22). The van der Waals surface area contributed by atoms with Crippen molar-refractivity contribution < 1.29 is 9.13 Å². The predicted molar refractivity (Wildman–Crippen MR) is 91.7 cm³/mol. The van der Waals surface area contributed by atoms with Crippen LogP contribution < -0.4 is 10.5 Å². The van der Waals surface area contributed by atoms with Gasteiger partial charge in [-0.05, 0) is 31.2 Å². The van der Waals surface area contributed by atoms with Gasteiger partial charge in [0.2, 0.25) is 0 Å². The highest BCUT2D eigenvalue weighted by atomic mass is 35.5. The molecule has 0 aliphatic rings. The van der Waals surface area contributed by atoms with Crippen molar-refractivity contribution in [1.29, 1.82) is 0 Å². The van der Waals surface area contributed by atoms with Gasteiger partial charge in [-0.25, -0.2) is 14.4 Å². The second kappa shape index (κ2) is 6.67. The van der Waals surface area contributed by atoms with Crippen LogP contribution in [0.5, 0.6) is 5.88 Å². The fraction of sp³-hybridized carbons (Fsp3) is 0.125. The molecule has 124 valence electrons. The molecule has 0 fully saturated rings. The maximum Gasteiger partial charge on any atom is 0.258 e. The molecule has 0 aliphatic heterocycles. The number of H-pyrrole nitrogens is 1. The lowest BCUT2D eigenvalue weighted by molar-refractivity contribution is 0.218. The Hall–Kier alpha value is -2.31. The third-order valence-electron chi connectivity index (χ3n) is 3.42. The number of nitrogens with zero attached hydrogens (tertiary/aromatic N) is 2. The number of rotatable bonds is 4. The summed E-state index contributed by atoms with van der Waals surface area (Å²) in [5, 5.41) is 0.197. The maximum atomic E-state index is 13.7. The highest BCUT2D eigenvalue weighted by molar-refractivity contribution is 6.36. The predicted octanol–water partition coefficient (Wildman–Crippen LogP) is 4.64. The molecule has 0 radical (unpaired) electrons. The van der Waals surface area contributed by atoms with E-state index in [1.807, 2.05) is 12.1 Å². The number of aromatic nitrogens is 3. The molecule has 2 heterocycles. The highest BCUT2D eigenvalue weighted by Crippen LogP contribution is 2.35. The van der Waals surface area contributed by atoms with Gasteiger partial charge in [-0.3, -0.25) is 0 Å². The van der Waals surface area contributed by atoms with Crippen LogP contribution in [0, 0.1) is 5.82 Å². The van der Waals surface area contributed by atoms with Crippen molar-refractivity contribution in [2.75, 3.05) is 5.73 Å². The second-order valence-corrected chi connectivity index (χ2v) is 5.83. The summed E-state index contributed by atoms with van der Waals surface area (Å²) in [6.45, 7) is 1.68. The Morgan fingerprint density at radius 1 is 1.29 bits per heavy atom. The quantitative estimate of drug-likeness (QED) is 0.659. The Morgan fingerprint density at radius 2 is 2.08 bits per heavy atom. The lowest BCUT2D eigenvalue weighted by Gasteiger charge is -2.18. The number of anilines is 1. The Balaban J connectivity index is 1.94. The fourth-order valence-corrected chi connectivity index (χ4v) is 2.91. The smallest absolute Gasteiger partial charge is 0.258 e. The summed E-state index contributed by atoms with van der Waals surface area (Å²) in [7, 11) is 0. The molecule has 3 rings (SSSR count). The molecule has 3 aromatic rings. The summed E-state index contributed by atoms with van der Waals surface area (Å²) < 4.78 is 19.4. The Labute approximate surface area is 147 Å². The maximum absolute atomic E-state index is 13.7. The summed E-state index contributed by atoms with van der Waals surface area (Å²) in [6.07, 6.45) is 2.63. The van der Waals surface area contributed by atoms with E-state index in [0.717, 1.165) is 5.69 Å². The fourth-order valence-electron chi connectivity index (χ4n) is 2.23. The van der Waals surface area contributed by atoms with E-state index in [4.69, 9.17) is 33.7 Å². The van der Waals surface area contributed by atoms with E-state index >= 15 is 0 Å². The zero-order chi connectivity index (χ0) is 17.3. The molecule has 0 saturated heterocycles. The van der Waals surface area contributed by atoms with Crippen molar-refractivity contribution in [2.24, 2.45) is 0 Å². The van der Waals surface area contributed by atoms with E-state index in [1.54, 1.807) is 13.1 Å². The third kappa shape index (κ3) is 3.16. The minimum atomic E-state index is -0.670. The SMILES string of the molecule is CC(Oc1nc(-c2ccc[nH]2)cnc1N)c1c(Cl)ccc(F)c1Cl. The van der Waals surface area contributed by atoms with Crippen molar-refractivity contribution in [3.05, 3.63) is 58.1 Å². The van der Waals surface area contributed by atoms with Crippen LogP contribution in [0.3, 0.4) is 0 Å². The lowest BCUT2D eigenvalue weighted by Crippen LogP contribution is -2.09. The molecule has 1 unspecified atom stereocenters. The molecule has 24 heavy (non-hydrogen) atoms. The van der Waals surface area contributed by atoms with Crippen LogP contribution in [0.4, 0.5) is 10.2 Å². The molecule has 0 bridgehead atoms. The van der Waals surface area contributed by atoms with Gasteiger partial charge in [0, 0.05) is 16.8 Å². The van der Waals surface area contributed by atoms with Gasteiger partial charge >= 0.3 is 0 Å². The van der Waals surface area contributed by atoms with E-state index in [1.165, 1.54) is 18.3 Å². The molecule has 1 atom stereocenters. The van der Waals surface area contributed by atoms with Crippen molar-refractivity contribution in [3.8, 4) is 17.3 Å². The number of nitrogens with two attached hydrogens (primary N) is 1. The average molecular weight is 367 g/mol. The Morgan fingerprint density at radius 3 is 2.79 bits per heavy atom. The van der Waals surface area contributed by atoms with E-state index in [9.17, 15) is 4.39 Å². The van der Waals surface area contributed by atoms with Gasteiger partial charge in [0.15, 0.2) is 5.82 Å². The van der Waals surface area contributed by atoms with Crippen LogP contribution in [0.1, 0.15) is 18.6 Å². The van der Waals surface area contributed by atoms with Gasteiger partial charge in [-0.1, -0.05) is 23.2 Å². The van der Waals surface area contributed by atoms with E-state index in [-0.39, 0.29) is 16.7 Å². The Bertz CT molecular complexity index is 871. The summed E-state index contributed by atoms with van der Waals surface area (Å²) in [5.41, 5.74) is 7.48. The van der Waals surface area contributed by atoms with Crippen LogP contribution in [-0.4, -0.2) is 15.0 Å². The molecule has 0 spiro atoms. The zero-order valence-electron chi connectivity index (χ0n) is 12.6. The summed E-state index contributed by atoms with van der Waals surface area (Å²) >= 11 is 12.1. The topological polar surface area (TPSA) is 76.8 Å². The van der Waals surface area contributed by atoms with E-state index < -0.39 is 11.9 Å². The number of nitrogen functional groups attached to an aromatic ring is 1. The van der Waals surface area contributed by atoms with Gasteiger partial charge in [-0.15, -0.1) is 0 Å². The van der Waals surface area contributed by atoms with E-state index in [2.05, 4.69) is 15.0 Å². The van der Waals surface area contributed by atoms with Crippen LogP contribution >= 0.6 is 23.2 Å². The molecule has 5 nitrogen and oxygen atoms in total. The van der Waals surface area contributed by atoms with Gasteiger partial charge in [-0.2, -0.15) is 0 Å². The first kappa shape index (κ1) is 16.5. The highest BCUT2D eigenvalue weighted by Gasteiger charge is 2.20. The monoisotopic (exact) mass is 366 g/mol. The van der Waals surface area contributed by atoms with Gasteiger partial charge in [0.25, 0.3) is 5.88 Å². The number of hydrogen-bond donors (Lipinski definition) is 2. The van der Waals surface area contributed by atoms with Gasteiger partial charge in [0.1, 0.15) is 17.6 Å². The van der Waals surface area contributed by atoms with Crippen LogP contribution in [0.15, 0.2) is 36.7 Å². The van der Waals surface area contributed by atoms with E-state index in [0.29, 0.717) is 16.3 Å². The Kier molecular flexibility index (Phi) is 4.59. The number of ether oxygens (including phenoxy) is 1. The summed E-state index contributed by atoms with van der Waals surface area (Å²) in [6, 6.07) is 6.29. The molecule has 1 aromatic carbocycles. The number of aromatic amines is 1. The lowest BCUT2D eigenvalue weighted by atomic mass is 10.1. The normalized spacial score (nSPS) is 12.2. The van der Waals surface area contributed by atoms with Crippen LogP contribution in [0.25, 0.3) is 11.4 Å². The molecular weight excluding hydrogens is 354 g/mol. The minimum Gasteiger partial charge on any atom is -0.467 e. The van der Waals surface area contributed by atoms with Crippen molar-refractivity contribution in [3.63, 3.8) is 0 Å². The largest absolute Gasteiger partial charge is 0.467 e. The van der Waals surface area contributed by atoms with Crippen LogP contribution in [-0.2, 0) is 0 Å². The molecule has 0 saturated carbocycles. The summed E-state index contributed by atoms with van der Waals surface area (Å²) in [4.78, 5) is 11.4. The molecule has 3 N–H and O–H groups in total. The molecule has 0 aliphatic carbocycles. The van der Waals surface area contributed by atoms with Crippen LogP contribution in [0.2, 0.25) is 10.0 Å². The molecule has 8 heteroatoms.